The molecule has 4 amide bonds. The maximum Gasteiger partial charge on any atom is 0.339 e. The zero-order chi connectivity index (χ0) is 19.7. The van der Waals surface area contributed by atoms with Gasteiger partial charge < -0.3 is 15.4 Å². The van der Waals surface area contributed by atoms with E-state index in [2.05, 4.69) is 10.6 Å². The number of nitrogens with zero attached hydrogens (tertiary/aromatic N) is 1. The van der Waals surface area contributed by atoms with Crippen molar-refractivity contribution in [1.29, 1.82) is 0 Å². The van der Waals surface area contributed by atoms with Crippen LogP contribution in [0, 0.1) is 0 Å². The number of cyclic esters (lactones) is 1. The van der Waals surface area contributed by atoms with Gasteiger partial charge in [-0.2, -0.15) is 0 Å². The molecule has 148 valence electrons. The van der Waals surface area contributed by atoms with Gasteiger partial charge in [0.2, 0.25) is 0 Å². The highest BCUT2D eigenvalue weighted by molar-refractivity contribution is 6.07. The lowest BCUT2D eigenvalue weighted by Gasteiger charge is -2.24. The van der Waals surface area contributed by atoms with Crippen molar-refractivity contribution >= 4 is 23.8 Å². The number of nitrogens with one attached hydrogen (secondary N) is 2. The summed E-state index contributed by atoms with van der Waals surface area (Å²) in [5.74, 6) is -1.02. The van der Waals surface area contributed by atoms with Crippen LogP contribution in [0.1, 0.15) is 48.0 Å². The molecule has 2 N–H and O–H groups in total. The Morgan fingerprint density at radius 3 is 2.75 bits per heavy atom. The Morgan fingerprint density at radius 2 is 1.96 bits per heavy atom. The second kappa shape index (κ2) is 7.26. The van der Waals surface area contributed by atoms with Crippen molar-refractivity contribution in [3.63, 3.8) is 0 Å². The van der Waals surface area contributed by atoms with Crippen molar-refractivity contribution in [3.05, 3.63) is 35.4 Å². The zero-order valence-corrected chi connectivity index (χ0v) is 15.5. The average Bonchev–Trinajstić information content (AvgIpc) is 3.25. The van der Waals surface area contributed by atoms with Crippen LogP contribution in [-0.2, 0) is 20.7 Å². The normalized spacial score (nSPS) is 22.8. The van der Waals surface area contributed by atoms with Gasteiger partial charge in [-0.15, -0.1) is 0 Å². The predicted molar refractivity (Wildman–Crippen MR) is 98.4 cm³/mol. The molecule has 2 fully saturated rings. The standard InChI is InChI=1S/C20H23N3O5/c24-16(15-12-13-6-1-2-7-14(13)17(25)28-15)21-10-5-11-23-18(26)20(22-19(23)27)8-3-4-9-20/h1-2,6-7,15H,3-5,8-12H2,(H,21,24)(H,22,27). The van der Waals surface area contributed by atoms with Crippen molar-refractivity contribution in [2.75, 3.05) is 13.1 Å². The summed E-state index contributed by atoms with van der Waals surface area (Å²) in [7, 11) is 0. The van der Waals surface area contributed by atoms with E-state index in [0.717, 1.165) is 18.4 Å². The fourth-order valence-corrected chi connectivity index (χ4v) is 4.24. The van der Waals surface area contributed by atoms with Gasteiger partial charge in [0.25, 0.3) is 11.8 Å². The summed E-state index contributed by atoms with van der Waals surface area (Å²) in [4.78, 5) is 50.3. The molecule has 4 rings (SSSR count). The Kier molecular flexibility index (Phi) is 4.78. The van der Waals surface area contributed by atoms with Gasteiger partial charge >= 0.3 is 12.0 Å². The molecule has 2 aliphatic heterocycles. The van der Waals surface area contributed by atoms with Gasteiger partial charge in [0.1, 0.15) is 5.54 Å². The molecule has 0 radical (unpaired) electrons. The number of carbonyl (C=O) groups excluding carboxylic acids is 4. The van der Waals surface area contributed by atoms with Crippen molar-refractivity contribution in [1.82, 2.24) is 15.5 Å². The smallest absolute Gasteiger partial charge is 0.339 e. The molecular formula is C20H23N3O5. The van der Waals surface area contributed by atoms with Crippen LogP contribution in [0.2, 0.25) is 0 Å². The maximum atomic E-state index is 12.6. The van der Waals surface area contributed by atoms with Gasteiger partial charge in [-0.05, 0) is 30.9 Å². The number of carbonyl (C=O) groups is 4. The number of hydrogen-bond donors (Lipinski definition) is 2. The van der Waals surface area contributed by atoms with Crippen LogP contribution < -0.4 is 10.6 Å². The highest BCUT2D eigenvalue weighted by Crippen LogP contribution is 2.35. The Labute approximate surface area is 162 Å². The van der Waals surface area contributed by atoms with E-state index in [1.165, 1.54) is 4.90 Å². The minimum atomic E-state index is -0.860. The minimum Gasteiger partial charge on any atom is -0.448 e. The van der Waals surface area contributed by atoms with Gasteiger partial charge in [-0.25, -0.2) is 9.59 Å². The Bertz CT molecular complexity index is 831. The Balaban J connectivity index is 1.26. The van der Waals surface area contributed by atoms with Crippen LogP contribution in [0.5, 0.6) is 0 Å². The average molecular weight is 385 g/mol. The zero-order valence-electron chi connectivity index (χ0n) is 15.5. The number of hydrogen-bond acceptors (Lipinski definition) is 5. The van der Waals surface area contributed by atoms with Crippen molar-refractivity contribution < 1.29 is 23.9 Å². The third-order valence-electron chi connectivity index (χ3n) is 5.75. The van der Waals surface area contributed by atoms with Crippen molar-refractivity contribution in [3.8, 4) is 0 Å². The molecule has 1 saturated carbocycles. The molecule has 1 saturated heterocycles. The number of imide groups is 1. The van der Waals surface area contributed by atoms with Gasteiger partial charge in [0, 0.05) is 19.5 Å². The molecule has 2 heterocycles. The molecular weight excluding hydrogens is 362 g/mol. The Morgan fingerprint density at radius 1 is 1.21 bits per heavy atom. The minimum absolute atomic E-state index is 0.154. The van der Waals surface area contributed by atoms with Gasteiger partial charge in [-0.3, -0.25) is 14.5 Å². The number of fused-ring (bicyclic) bond motifs is 1. The summed E-state index contributed by atoms with van der Waals surface area (Å²) in [5, 5.41) is 5.57. The highest BCUT2D eigenvalue weighted by atomic mass is 16.5. The van der Waals surface area contributed by atoms with Crippen LogP contribution in [0.25, 0.3) is 0 Å². The fourth-order valence-electron chi connectivity index (χ4n) is 4.24. The number of rotatable bonds is 5. The van der Waals surface area contributed by atoms with Crippen LogP contribution in [0.15, 0.2) is 24.3 Å². The predicted octanol–water partition coefficient (Wildman–Crippen LogP) is 1.14. The summed E-state index contributed by atoms with van der Waals surface area (Å²) in [6, 6.07) is 6.72. The van der Waals surface area contributed by atoms with E-state index in [4.69, 9.17) is 4.74 Å². The van der Waals surface area contributed by atoms with Crippen LogP contribution in [0.3, 0.4) is 0 Å². The van der Waals surface area contributed by atoms with Gasteiger partial charge in [0.15, 0.2) is 6.10 Å². The molecule has 8 nitrogen and oxygen atoms in total. The lowest BCUT2D eigenvalue weighted by atomic mass is 9.98. The molecule has 0 bridgehead atoms. The first-order valence-corrected chi connectivity index (χ1v) is 9.71. The molecule has 3 aliphatic rings. The molecule has 1 atom stereocenters. The van der Waals surface area contributed by atoms with E-state index in [1.807, 2.05) is 12.1 Å². The van der Waals surface area contributed by atoms with Crippen LogP contribution in [0.4, 0.5) is 4.79 Å². The summed E-state index contributed by atoms with van der Waals surface area (Å²) in [6.45, 7) is 0.540. The Hall–Kier alpha value is -2.90. The van der Waals surface area contributed by atoms with E-state index in [0.29, 0.717) is 37.8 Å². The third kappa shape index (κ3) is 3.23. The molecule has 1 spiro atoms. The number of ether oxygens (including phenoxy) is 1. The topological polar surface area (TPSA) is 105 Å². The monoisotopic (exact) mass is 385 g/mol. The van der Waals surface area contributed by atoms with Crippen LogP contribution >= 0.6 is 0 Å². The number of esters is 1. The second-order valence-corrected chi connectivity index (χ2v) is 7.58. The molecule has 1 unspecified atom stereocenters. The fraction of sp³-hybridized carbons (Fsp3) is 0.500. The third-order valence-corrected chi connectivity index (χ3v) is 5.75. The summed E-state index contributed by atoms with van der Waals surface area (Å²) >= 11 is 0. The largest absolute Gasteiger partial charge is 0.448 e. The van der Waals surface area contributed by atoms with E-state index >= 15 is 0 Å². The van der Waals surface area contributed by atoms with Gasteiger partial charge in [0.05, 0.1) is 5.56 Å². The molecule has 28 heavy (non-hydrogen) atoms. The lowest BCUT2D eigenvalue weighted by Crippen LogP contribution is -2.44. The molecule has 1 aromatic rings. The molecule has 1 aliphatic carbocycles. The van der Waals surface area contributed by atoms with E-state index in [9.17, 15) is 19.2 Å². The molecule has 1 aromatic carbocycles. The first-order chi connectivity index (χ1) is 13.5. The number of urea groups is 1. The number of benzene rings is 1. The number of amides is 4. The van der Waals surface area contributed by atoms with Crippen molar-refractivity contribution in [2.45, 2.75) is 50.2 Å². The first-order valence-electron chi connectivity index (χ1n) is 9.71. The van der Waals surface area contributed by atoms with E-state index in [-0.39, 0.29) is 24.4 Å². The van der Waals surface area contributed by atoms with E-state index in [1.54, 1.807) is 12.1 Å². The molecule has 0 aromatic heterocycles. The maximum absolute atomic E-state index is 12.6. The van der Waals surface area contributed by atoms with Crippen molar-refractivity contribution in [2.24, 2.45) is 0 Å². The first kappa shape index (κ1) is 18.5. The van der Waals surface area contributed by atoms with Gasteiger partial charge in [-0.1, -0.05) is 31.0 Å². The summed E-state index contributed by atoms with van der Waals surface area (Å²) < 4.78 is 5.22. The SMILES string of the molecule is O=C1OC(C(=O)NCCCN2C(=O)NC3(CCCC3)C2=O)Cc2ccccc21. The molecule has 8 heteroatoms. The highest BCUT2D eigenvalue weighted by Gasteiger charge is 2.52. The quantitative estimate of drug-likeness (QED) is 0.449. The second-order valence-electron chi connectivity index (χ2n) is 7.58. The lowest BCUT2D eigenvalue weighted by molar-refractivity contribution is -0.131. The summed E-state index contributed by atoms with van der Waals surface area (Å²) in [5.41, 5.74) is 0.579. The van der Waals surface area contributed by atoms with Crippen LogP contribution in [-0.4, -0.2) is 53.4 Å². The van der Waals surface area contributed by atoms with E-state index < -0.39 is 17.6 Å². The summed E-state index contributed by atoms with van der Waals surface area (Å²) in [6.07, 6.45) is 3.19.